The molecule has 10 heteroatoms. The monoisotopic (exact) mass is 469 g/mol. The van der Waals surface area contributed by atoms with Crippen molar-refractivity contribution in [2.45, 2.75) is 46.6 Å². The highest BCUT2D eigenvalue weighted by atomic mass is 32.2. The van der Waals surface area contributed by atoms with E-state index in [0.29, 0.717) is 25.3 Å². The number of nitrogens with one attached hydrogen (secondary N) is 2. The fraction of sp³-hybridized carbons (Fsp3) is 0.545. The summed E-state index contributed by atoms with van der Waals surface area (Å²) in [6.45, 7) is 8.58. The number of amides is 3. The third-order valence-corrected chi connectivity index (χ3v) is 6.15. The van der Waals surface area contributed by atoms with Crippen LogP contribution in [0.3, 0.4) is 0 Å². The van der Waals surface area contributed by atoms with Crippen LogP contribution in [-0.2, 0) is 14.8 Å². The van der Waals surface area contributed by atoms with E-state index in [9.17, 15) is 22.4 Å². The zero-order valence-electron chi connectivity index (χ0n) is 19.0. The average molecular weight is 470 g/mol. The van der Waals surface area contributed by atoms with Crippen LogP contribution < -0.4 is 14.8 Å². The van der Waals surface area contributed by atoms with Gasteiger partial charge in [-0.25, -0.2) is 22.3 Å². The van der Waals surface area contributed by atoms with Gasteiger partial charge < -0.3 is 9.64 Å². The zero-order chi connectivity index (χ0) is 23.9. The van der Waals surface area contributed by atoms with Crippen molar-refractivity contribution in [3.05, 3.63) is 41.7 Å². The van der Waals surface area contributed by atoms with Crippen LogP contribution in [0.2, 0.25) is 0 Å². The molecule has 1 fully saturated rings. The second-order valence-electron chi connectivity index (χ2n) is 9.01. The van der Waals surface area contributed by atoms with Gasteiger partial charge in [0.1, 0.15) is 0 Å². The average Bonchev–Trinajstić information content (AvgIpc) is 2.67. The molecule has 1 aromatic carbocycles. The molecule has 32 heavy (non-hydrogen) atoms. The highest BCUT2D eigenvalue weighted by Gasteiger charge is 2.21. The molecular weight excluding hydrogens is 437 g/mol. The normalized spacial score (nSPS) is 16.3. The first kappa shape index (κ1) is 25.8. The lowest BCUT2D eigenvalue weighted by Gasteiger charge is -2.25. The van der Waals surface area contributed by atoms with Crippen molar-refractivity contribution in [1.29, 1.82) is 0 Å². The van der Waals surface area contributed by atoms with Crippen LogP contribution >= 0.6 is 0 Å². The number of carbonyl (C=O) groups excluding carboxylic acids is 2. The Morgan fingerprint density at radius 2 is 2.00 bits per heavy atom. The van der Waals surface area contributed by atoms with Gasteiger partial charge in [0.15, 0.2) is 11.6 Å². The van der Waals surface area contributed by atoms with Crippen LogP contribution in [0, 0.1) is 11.2 Å². The van der Waals surface area contributed by atoms with Crippen molar-refractivity contribution in [1.82, 2.24) is 14.9 Å². The van der Waals surface area contributed by atoms with Crippen molar-refractivity contribution in [3.8, 4) is 5.75 Å². The number of halogens is 1. The molecule has 1 aromatic rings. The molecule has 0 radical (unpaired) electrons. The molecule has 2 N–H and O–H groups in total. The fourth-order valence-corrected chi connectivity index (χ4v) is 4.15. The second-order valence-corrected chi connectivity index (χ2v) is 10.9. The van der Waals surface area contributed by atoms with Crippen LogP contribution in [0.15, 0.2) is 30.4 Å². The third-order valence-electron chi connectivity index (χ3n) is 4.66. The predicted molar refractivity (Wildman–Crippen MR) is 120 cm³/mol. The molecule has 0 bridgehead atoms. The maximum Gasteiger partial charge on any atom is 0.324 e. The molecule has 1 saturated heterocycles. The van der Waals surface area contributed by atoms with E-state index in [4.69, 9.17) is 4.74 Å². The second kappa shape index (κ2) is 10.9. The van der Waals surface area contributed by atoms with E-state index in [-0.39, 0.29) is 35.7 Å². The standard InChI is InChI=1S/C22H32FN3O5S/c1-16(17-8-9-18(23)19(14-17)31-15-22(2,3)4)25-32(29,30)13-7-5-6-11-26-12-10-20(27)24-21(26)28/h5-6,8-9,14,16,25H,7,10-13,15H2,1-4H3,(H,24,27,28)/b6-5+/t16-/m1/s1. The molecule has 1 heterocycles. The molecule has 2 rings (SSSR count). The molecule has 0 aromatic heterocycles. The van der Waals surface area contributed by atoms with Crippen LogP contribution in [-0.4, -0.2) is 50.7 Å². The van der Waals surface area contributed by atoms with E-state index >= 15 is 0 Å². The highest BCUT2D eigenvalue weighted by Crippen LogP contribution is 2.25. The summed E-state index contributed by atoms with van der Waals surface area (Å²) in [6, 6.07) is 3.31. The molecule has 8 nitrogen and oxygen atoms in total. The predicted octanol–water partition coefficient (Wildman–Crippen LogP) is 3.12. The first-order chi connectivity index (χ1) is 14.9. The Bertz CT molecular complexity index is 957. The molecule has 178 valence electrons. The minimum atomic E-state index is -3.58. The van der Waals surface area contributed by atoms with Gasteiger partial charge >= 0.3 is 6.03 Å². The molecule has 0 saturated carbocycles. The SMILES string of the molecule is C[C@@H](NS(=O)(=O)CC/C=C/CN1CCC(=O)NC1=O)c1ccc(F)c(OCC(C)(C)C)c1. The van der Waals surface area contributed by atoms with Gasteiger partial charge in [0.2, 0.25) is 15.9 Å². The van der Waals surface area contributed by atoms with Crippen molar-refractivity contribution >= 4 is 22.0 Å². The number of hydrogen-bond acceptors (Lipinski definition) is 5. The first-order valence-electron chi connectivity index (χ1n) is 10.5. The quantitative estimate of drug-likeness (QED) is 0.513. The number of sulfonamides is 1. The van der Waals surface area contributed by atoms with Crippen molar-refractivity contribution in [2.75, 3.05) is 25.4 Å². The van der Waals surface area contributed by atoms with Gasteiger partial charge in [-0.3, -0.25) is 10.1 Å². The summed E-state index contributed by atoms with van der Waals surface area (Å²) in [5.74, 6) is -0.831. The number of nitrogens with zero attached hydrogens (tertiary/aromatic N) is 1. The molecular formula is C22H32FN3O5S. The lowest BCUT2D eigenvalue weighted by Crippen LogP contribution is -2.49. The Morgan fingerprint density at radius 1 is 1.28 bits per heavy atom. The summed E-state index contributed by atoms with van der Waals surface area (Å²) >= 11 is 0. The Kier molecular flexibility index (Phi) is 8.80. The Balaban J connectivity index is 1.86. The topological polar surface area (TPSA) is 105 Å². The molecule has 1 atom stereocenters. The Hall–Kier alpha value is -2.46. The minimum absolute atomic E-state index is 0.0925. The van der Waals surface area contributed by atoms with Crippen LogP contribution in [0.1, 0.15) is 52.1 Å². The van der Waals surface area contributed by atoms with E-state index in [1.165, 1.54) is 23.1 Å². The Morgan fingerprint density at radius 3 is 2.66 bits per heavy atom. The summed E-state index contributed by atoms with van der Waals surface area (Å²) in [5, 5.41) is 2.23. The maximum atomic E-state index is 14.0. The van der Waals surface area contributed by atoms with E-state index in [1.54, 1.807) is 19.1 Å². The van der Waals surface area contributed by atoms with E-state index in [1.807, 2.05) is 20.8 Å². The molecule has 0 aliphatic carbocycles. The number of ether oxygens (including phenoxy) is 1. The lowest BCUT2D eigenvalue weighted by molar-refractivity contribution is -0.121. The summed E-state index contributed by atoms with van der Waals surface area (Å²) in [4.78, 5) is 24.2. The van der Waals surface area contributed by atoms with Gasteiger partial charge in [-0.15, -0.1) is 0 Å². The molecule has 0 spiro atoms. The van der Waals surface area contributed by atoms with E-state index in [2.05, 4.69) is 10.0 Å². The number of urea groups is 1. The fourth-order valence-electron chi connectivity index (χ4n) is 2.91. The lowest BCUT2D eigenvalue weighted by atomic mass is 9.98. The van der Waals surface area contributed by atoms with Crippen molar-refractivity contribution in [3.63, 3.8) is 0 Å². The van der Waals surface area contributed by atoms with Gasteiger partial charge in [-0.1, -0.05) is 39.0 Å². The van der Waals surface area contributed by atoms with Gasteiger partial charge in [-0.2, -0.15) is 0 Å². The first-order valence-corrected chi connectivity index (χ1v) is 12.2. The van der Waals surface area contributed by atoms with Crippen molar-refractivity contribution in [2.24, 2.45) is 5.41 Å². The van der Waals surface area contributed by atoms with Gasteiger partial charge in [0, 0.05) is 25.6 Å². The van der Waals surface area contributed by atoms with Crippen LogP contribution in [0.4, 0.5) is 9.18 Å². The Labute approximate surface area is 189 Å². The van der Waals surface area contributed by atoms with Gasteiger partial charge in [0.25, 0.3) is 0 Å². The largest absolute Gasteiger partial charge is 0.490 e. The summed E-state index contributed by atoms with van der Waals surface area (Å²) in [5.41, 5.74) is 0.457. The highest BCUT2D eigenvalue weighted by molar-refractivity contribution is 7.89. The summed E-state index contributed by atoms with van der Waals surface area (Å²) in [6.07, 6.45) is 3.90. The molecule has 0 unspecified atom stereocenters. The molecule has 1 aliphatic rings. The maximum absolute atomic E-state index is 14.0. The smallest absolute Gasteiger partial charge is 0.324 e. The van der Waals surface area contributed by atoms with Gasteiger partial charge in [0.05, 0.1) is 12.4 Å². The number of carbonyl (C=O) groups is 2. The number of imide groups is 1. The molecule has 1 aliphatic heterocycles. The van der Waals surface area contributed by atoms with E-state index < -0.39 is 27.9 Å². The van der Waals surface area contributed by atoms with Crippen LogP contribution in [0.25, 0.3) is 0 Å². The zero-order valence-corrected chi connectivity index (χ0v) is 19.8. The van der Waals surface area contributed by atoms with E-state index in [0.717, 1.165) is 0 Å². The number of allylic oxidation sites excluding steroid dienone is 1. The van der Waals surface area contributed by atoms with Crippen LogP contribution in [0.5, 0.6) is 5.75 Å². The summed E-state index contributed by atoms with van der Waals surface area (Å²) < 4.78 is 47.0. The van der Waals surface area contributed by atoms with Crippen molar-refractivity contribution < 1.29 is 27.1 Å². The number of hydrogen-bond donors (Lipinski definition) is 2. The summed E-state index contributed by atoms with van der Waals surface area (Å²) in [7, 11) is -3.58. The third kappa shape index (κ3) is 8.58. The molecule has 3 amide bonds. The number of benzene rings is 1. The van der Waals surface area contributed by atoms with Gasteiger partial charge in [-0.05, 0) is 36.5 Å². The number of rotatable bonds is 10. The minimum Gasteiger partial charge on any atom is -0.490 e.